The van der Waals surface area contributed by atoms with E-state index in [9.17, 15) is 19.2 Å². The Hall–Kier alpha value is -3.20. The molecule has 1 saturated heterocycles. The Morgan fingerprint density at radius 3 is 2.33 bits per heavy atom. The highest BCUT2D eigenvalue weighted by molar-refractivity contribution is 6.03. The Balaban J connectivity index is 1.43. The maximum atomic E-state index is 12.9. The van der Waals surface area contributed by atoms with Gasteiger partial charge in [0.05, 0.1) is 11.5 Å². The average molecular weight is 411 g/mol. The lowest BCUT2D eigenvalue weighted by Crippen LogP contribution is -2.48. The number of benzene rings is 1. The average Bonchev–Trinajstić information content (AvgIpc) is 3.08. The summed E-state index contributed by atoms with van der Waals surface area (Å²) in [5.74, 6) is -1.25. The first-order valence-electron chi connectivity index (χ1n) is 10.0. The maximum Gasteiger partial charge on any atom is 0.332 e. The highest BCUT2D eigenvalue weighted by atomic mass is 16.2. The lowest BCUT2D eigenvalue weighted by molar-refractivity contribution is -0.135. The highest BCUT2D eigenvalue weighted by Gasteiger charge is 2.38. The van der Waals surface area contributed by atoms with Gasteiger partial charge in [0.25, 0.3) is 5.56 Å². The van der Waals surface area contributed by atoms with Crippen molar-refractivity contribution in [2.75, 3.05) is 31.5 Å². The van der Waals surface area contributed by atoms with E-state index in [0.717, 1.165) is 24.2 Å². The Morgan fingerprint density at radius 2 is 1.67 bits per heavy atom. The molecule has 2 aliphatic heterocycles. The summed E-state index contributed by atoms with van der Waals surface area (Å²) in [7, 11) is 2.87. The van der Waals surface area contributed by atoms with Gasteiger partial charge in [-0.2, -0.15) is 0 Å². The molecule has 1 atom stereocenters. The maximum absolute atomic E-state index is 12.9. The van der Waals surface area contributed by atoms with Crippen molar-refractivity contribution in [3.63, 3.8) is 0 Å². The SMILES string of the molecule is Cn1c2c(c(=O)n(C)c1=O)[C@@H](CC(=O)N1CCN(Cc3ccccc3)CC1)C(=O)N2. The minimum absolute atomic E-state index is 0.0784. The first kappa shape index (κ1) is 20.1. The molecule has 0 spiro atoms. The fourth-order valence-electron chi connectivity index (χ4n) is 4.17. The van der Waals surface area contributed by atoms with E-state index < -0.39 is 23.1 Å². The van der Waals surface area contributed by atoms with Crippen LogP contribution in [0.25, 0.3) is 0 Å². The predicted octanol–water partition coefficient (Wildman–Crippen LogP) is -0.146. The van der Waals surface area contributed by atoms with Crippen molar-refractivity contribution in [1.29, 1.82) is 0 Å². The number of anilines is 1. The highest BCUT2D eigenvalue weighted by Crippen LogP contribution is 2.31. The van der Waals surface area contributed by atoms with Gasteiger partial charge in [0, 0.05) is 53.2 Å². The summed E-state index contributed by atoms with van der Waals surface area (Å²) >= 11 is 0. The largest absolute Gasteiger partial charge is 0.340 e. The molecule has 4 rings (SSSR count). The smallest absolute Gasteiger partial charge is 0.332 e. The van der Waals surface area contributed by atoms with Gasteiger partial charge in [0.1, 0.15) is 5.82 Å². The summed E-state index contributed by atoms with van der Waals surface area (Å²) in [5.41, 5.74) is 0.385. The molecule has 0 aliphatic carbocycles. The zero-order valence-corrected chi connectivity index (χ0v) is 17.1. The van der Waals surface area contributed by atoms with Crippen LogP contribution in [-0.2, 0) is 30.2 Å². The Bertz CT molecular complexity index is 1100. The molecule has 0 radical (unpaired) electrons. The van der Waals surface area contributed by atoms with Gasteiger partial charge in [-0.1, -0.05) is 30.3 Å². The number of amides is 2. The fourth-order valence-corrected chi connectivity index (χ4v) is 4.17. The van der Waals surface area contributed by atoms with Crippen molar-refractivity contribution in [2.24, 2.45) is 14.1 Å². The topological polar surface area (TPSA) is 96.7 Å². The third kappa shape index (κ3) is 3.56. The summed E-state index contributed by atoms with van der Waals surface area (Å²) in [6.45, 7) is 3.51. The van der Waals surface area contributed by atoms with E-state index in [4.69, 9.17) is 0 Å². The molecule has 9 nitrogen and oxygen atoms in total. The quantitative estimate of drug-likeness (QED) is 0.755. The van der Waals surface area contributed by atoms with Gasteiger partial charge >= 0.3 is 5.69 Å². The second-order valence-corrected chi connectivity index (χ2v) is 7.86. The number of rotatable bonds is 4. The van der Waals surface area contributed by atoms with Crippen molar-refractivity contribution in [1.82, 2.24) is 18.9 Å². The van der Waals surface area contributed by atoms with Gasteiger partial charge in [-0.25, -0.2) is 4.79 Å². The van der Waals surface area contributed by atoms with Crippen LogP contribution in [0.4, 0.5) is 5.82 Å². The van der Waals surface area contributed by atoms with Gasteiger partial charge in [-0.3, -0.25) is 28.4 Å². The van der Waals surface area contributed by atoms with Gasteiger partial charge in [0.15, 0.2) is 0 Å². The van der Waals surface area contributed by atoms with Gasteiger partial charge in [0.2, 0.25) is 11.8 Å². The van der Waals surface area contributed by atoms with Crippen LogP contribution in [-0.4, -0.2) is 56.9 Å². The molecule has 2 amide bonds. The summed E-state index contributed by atoms with van der Waals surface area (Å²) in [6, 6.07) is 10.2. The number of hydrogen-bond acceptors (Lipinski definition) is 5. The van der Waals surface area contributed by atoms with E-state index in [1.54, 1.807) is 4.90 Å². The molecule has 1 N–H and O–H groups in total. The Labute approximate surface area is 173 Å². The minimum Gasteiger partial charge on any atom is -0.340 e. The first-order valence-corrected chi connectivity index (χ1v) is 10.0. The first-order chi connectivity index (χ1) is 14.4. The van der Waals surface area contributed by atoms with E-state index in [-0.39, 0.29) is 23.7 Å². The molecule has 3 heterocycles. The molecule has 1 aromatic carbocycles. The molecule has 30 heavy (non-hydrogen) atoms. The summed E-state index contributed by atoms with van der Waals surface area (Å²) < 4.78 is 2.21. The zero-order valence-electron chi connectivity index (χ0n) is 17.1. The molecule has 9 heteroatoms. The second-order valence-electron chi connectivity index (χ2n) is 7.86. The van der Waals surface area contributed by atoms with Crippen LogP contribution >= 0.6 is 0 Å². The lowest BCUT2D eigenvalue weighted by Gasteiger charge is -2.35. The number of nitrogens with zero attached hydrogens (tertiary/aromatic N) is 4. The van der Waals surface area contributed by atoms with Crippen LogP contribution in [0.1, 0.15) is 23.5 Å². The lowest BCUT2D eigenvalue weighted by atomic mass is 9.98. The van der Waals surface area contributed by atoms with E-state index in [2.05, 4.69) is 22.3 Å². The molecule has 2 aliphatic rings. The molecular weight excluding hydrogens is 386 g/mol. The second kappa shape index (κ2) is 7.91. The third-order valence-corrected chi connectivity index (χ3v) is 5.96. The minimum atomic E-state index is -0.875. The number of piperazine rings is 1. The predicted molar refractivity (Wildman–Crippen MR) is 111 cm³/mol. The van der Waals surface area contributed by atoms with E-state index >= 15 is 0 Å². The van der Waals surface area contributed by atoms with Crippen LogP contribution in [0.5, 0.6) is 0 Å². The summed E-state index contributed by atoms with van der Waals surface area (Å²) in [4.78, 5) is 54.1. The normalized spacial score (nSPS) is 18.9. The van der Waals surface area contributed by atoms with Crippen LogP contribution in [0, 0.1) is 0 Å². The molecular formula is C21H25N5O4. The van der Waals surface area contributed by atoms with E-state index in [1.165, 1.54) is 24.2 Å². The standard InChI is InChI=1S/C21H25N5O4/c1-23-18-17(20(29)24(2)21(23)30)15(19(28)22-18)12-16(27)26-10-8-25(9-11-26)13-14-6-4-3-5-7-14/h3-7,15H,8-13H2,1-2H3,(H,22,28)/t15-/m1/s1. The molecule has 0 saturated carbocycles. The number of aromatic nitrogens is 2. The van der Waals surface area contributed by atoms with Crippen molar-refractivity contribution in [2.45, 2.75) is 18.9 Å². The van der Waals surface area contributed by atoms with E-state index in [1.807, 2.05) is 18.2 Å². The Morgan fingerprint density at radius 1 is 1.00 bits per heavy atom. The number of hydrogen-bond donors (Lipinski definition) is 1. The van der Waals surface area contributed by atoms with Crippen LogP contribution in [0.15, 0.2) is 39.9 Å². The molecule has 1 aromatic heterocycles. The van der Waals surface area contributed by atoms with Crippen LogP contribution < -0.4 is 16.6 Å². The monoisotopic (exact) mass is 411 g/mol. The molecule has 158 valence electrons. The fraction of sp³-hybridized carbons (Fsp3) is 0.429. The molecule has 0 bridgehead atoms. The van der Waals surface area contributed by atoms with Crippen molar-refractivity contribution >= 4 is 17.6 Å². The van der Waals surface area contributed by atoms with Gasteiger partial charge in [-0.05, 0) is 5.56 Å². The third-order valence-electron chi connectivity index (χ3n) is 5.96. The van der Waals surface area contributed by atoms with Crippen molar-refractivity contribution in [3.8, 4) is 0 Å². The molecule has 0 unspecified atom stereocenters. The van der Waals surface area contributed by atoms with E-state index in [0.29, 0.717) is 13.1 Å². The number of nitrogens with one attached hydrogen (secondary N) is 1. The summed E-state index contributed by atoms with van der Waals surface area (Å²) in [6.07, 6.45) is -0.0784. The van der Waals surface area contributed by atoms with Gasteiger partial charge in [-0.15, -0.1) is 0 Å². The number of carbonyl (C=O) groups is 2. The number of fused-ring (bicyclic) bond motifs is 1. The number of carbonyl (C=O) groups excluding carboxylic acids is 2. The molecule has 1 fully saturated rings. The molecule has 2 aromatic rings. The van der Waals surface area contributed by atoms with Crippen molar-refractivity contribution in [3.05, 3.63) is 62.3 Å². The zero-order chi connectivity index (χ0) is 21.4. The Kier molecular flexibility index (Phi) is 5.29. The summed E-state index contributed by atoms with van der Waals surface area (Å²) in [5, 5.41) is 2.60. The van der Waals surface area contributed by atoms with Gasteiger partial charge < -0.3 is 10.2 Å². The van der Waals surface area contributed by atoms with Crippen LogP contribution in [0.3, 0.4) is 0 Å². The van der Waals surface area contributed by atoms with Crippen LogP contribution in [0.2, 0.25) is 0 Å². The van der Waals surface area contributed by atoms with Crippen molar-refractivity contribution < 1.29 is 9.59 Å².